The summed E-state index contributed by atoms with van der Waals surface area (Å²) in [6, 6.07) is 6.79. The molecular formula is C11H8F3NS. The average molecular weight is 243 g/mol. The summed E-state index contributed by atoms with van der Waals surface area (Å²) in [6.07, 6.45) is -4.29. The van der Waals surface area contributed by atoms with E-state index in [1.165, 1.54) is 23.5 Å². The quantitative estimate of drug-likeness (QED) is 0.804. The Morgan fingerprint density at radius 1 is 1.00 bits per heavy atom. The molecule has 2 rings (SSSR count). The number of hydrogen-bond acceptors (Lipinski definition) is 2. The van der Waals surface area contributed by atoms with Crippen LogP contribution in [-0.2, 0) is 6.18 Å². The average Bonchev–Trinajstić information content (AvgIpc) is 2.64. The number of rotatable bonds is 1. The van der Waals surface area contributed by atoms with Gasteiger partial charge in [-0.2, -0.15) is 13.2 Å². The molecule has 1 aromatic heterocycles. The van der Waals surface area contributed by atoms with Gasteiger partial charge in [0.05, 0.1) is 10.6 Å². The Morgan fingerprint density at radius 3 is 2.06 bits per heavy atom. The summed E-state index contributed by atoms with van der Waals surface area (Å²) in [5.74, 6) is 0. The number of hydrogen-bond donors (Lipinski definition) is 1. The molecule has 2 aromatic rings. The smallest absolute Gasteiger partial charge is 0.391 e. The first-order valence-electron chi connectivity index (χ1n) is 4.48. The Balaban J connectivity index is 2.33. The lowest BCUT2D eigenvalue weighted by molar-refractivity contribution is -0.137. The molecule has 1 heterocycles. The highest BCUT2D eigenvalue weighted by atomic mass is 32.1. The van der Waals surface area contributed by atoms with E-state index in [2.05, 4.69) is 0 Å². The van der Waals surface area contributed by atoms with Gasteiger partial charge in [0, 0.05) is 5.38 Å². The second-order valence-electron chi connectivity index (χ2n) is 3.31. The van der Waals surface area contributed by atoms with E-state index in [0.29, 0.717) is 5.00 Å². The van der Waals surface area contributed by atoms with Gasteiger partial charge >= 0.3 is 6.18 Å². The fourth-order valence-corrected chi connectivity index (χ4v) is 2.02. The molecule has 0 unspecified atom stereocenters. The maximum Gasteiger partial charge on any atom is 0.416 e. The van der Waals surface area contributed by atoms with E-state index in [1.54, 1.807) is 6.07 Å². The van der Waals surface area contributed by atoms with Gasteiger partial charge in [-0.3, -0.25) is 0 Å². The van der Waals surface area contributed by atoms with Crippen LogP contribution in [0.15, 0.2) is 35.7 Å². The molecule has 84 valence electrons. The molecule has 0 aliphatic heterocycles. The topological polar surface area (TPSA) is 26.0 Å². The van der Waals surface area contributed by atoms with Crippen LogP contribution < -0.4 is 5.73 Å². The molecule has 0 aliphatic carbocycles. The zero-order valence-electron chi connectivity index (χ0n) is 8.08. The highest BCUT2D eigenvalue weighted by Gasteiger charge is 2.29. The predicted octanol–water partition coefficient (Wildman–Crippen LogP) is 4.02. The second-order valence-corrected chi connectivity index (χ2v) is 4.26. The normalized spacial score (nSPS) is 11.7. The van der Waals surface area contributed by atoms with Crippen molar-refractivity contribution in [3.63, 3.8) is 0 Å². The Bertz CT molecular complexity index is 485. The van der Waals surface area contributed by atoms with Crippen LogP contribution in [0.2, 0.25) is 0 Å². The van der Waals surface area contributed by atoms with Gasteiger partial charge in [-0.05, 0) is 29.3 Å². The van der Waals surface area contributed by atoms with E-state index in [1.807, 2.05) is 5.38 Å². The van der Waals surface area contributed by atoms with E-state index in [0.717, 1.165) is 23.3 Å². The first kappa shape index (κ1) is 11.0. The number of thiophene rings is 1. The molecule has 0 saturated carbocycles. The highest BCUT2D eigenvalue weighted by molar-refractivity contribution is 7.14. The molecule has 0 spiro atoms. The first-order chi connectivity index (χ1) is 7.47. The third-order valence-corrected chi connectivity index (χ3v) is 2.93. The van der Waals surface area contributed by atoms with Crippen LogP contribution in [0.3, 0.4) is 0 Å². The summed E-state index contributed by atoms with van der Waals surface area (Å²) in [5.41, 5.74) is 6.49. The number of anilines is 1. The summed E-state index contributed by atoms with van der Waals surface area (Å²) >= 11 is 1.36. The molecule has 0 bridgehead atoms. The van der Waals surface area contributed by atoms with E-state index in [-0.39, 0.29) is 0 Å². The highest BCUT2D eigenvalue weighted by Crippen LogP contribution is 2.32. The molecule has 0 amide bonds. The fraction of sp³-hybridized carbons (Fsp3) is 0.0909. The van der Waals surface area contributed by atoms with Gasteiger partial charge in [0.25, 0.3) is 0 Å². The van der Waals surface area contributed by atoms with Gasteiger partial charge in [-0.1, -0.05) is 12.1 Å². The number of nitrogen functional groups attached to an aromatic ring is 1. The number of nitrogens with two attached hydrogens (primary N) is 1. The molecule has 1 aromatic carbocycles. The predicted molar refractivity (Wildman–Crippen MR) is 59.2 cm³/mol. The van der Waals surface area contributed by atoms with Crippen LogP contribution in [0.25, 0.3) is 11.1 Å². The maximum absolute atomic E-state index is 12.3. The summed E-state index contributed by atoms with van der Waals surface area (Å²) < 4.78 is 36.9. The Morgan fingerprint density at radius 2 is 1.62 bits per heavy atom. The molecule has 0 fully saturated rings. The van der Waals surface area contributed by atoms with Gasteiger partial charge in [0.15, 0.2) is 0 Å². The lowest BCUT2D eigenvalue weighted by Crippen LogP contribution is -2.03. The molecule has 2 N–H and O–H groups in total. The van der Waals surface area contributed by atoms with Crippen molar-refractivity contribution in [2.75, 3.05) is 5.73 Å². The van der Waals surface area contributed by atoms with Crippen molar-refractivity contribution in [1.29, 1.82) is 0 Å². The molecule has 0 saturated heterocycles. The molecule has 1 nitrogen and oxygen atoms in total. The lowest BCUT2D eigenvalue weighted by Gasteiger charge is -2.06. The van der Waals surface area contributed by atoms with Crippen molar-refractivity contribution in [2.24, 2.45) is 0 Å². The van der Waals surface area contributed by atoms with Crippen LogP contribution in [0, 0.1) is 0 Å². The minimum Gasteiger partial charge on any atom is -0.391 e. The maximum atomic E-state index is 12.3. The van der Waals surface area contributed by atoms with Gasteiger partial charge in [0.2, 0.25) is 0 Å². The van der Waals surface area contributed by atoms with Crippen molar-refractivity contribution in [2.45, 2.75) is 6.18 Å². The van der Waals surface area contributed by atoms with Gasteiger partial charge in [-0.15, -0.1) is 11.3 Å². The van der Waals surface area contributed by atoms with Gasteiger partial charge < -0.3 is 5.73 Å². The minimum absolute atomic E-state index is 0.639. The number of halogens is 3. The summed E-state index contributed by atoms with van der Waals surface area (Å²) in [4.78, 5) is 0. The summed E-state index contributed by atoms with van der Waals surface area (Å²) in [7, 11) is 0. The van der Waals surface area contributed by atoms with Crippen LogP contribution in [0.5, 0.6) is 0 Å². The zero-order chi connectivity index (χ0) is 11.8. The van der Waals surface area contributed by atoms with E-state index in [9.17, 15) is 13.2 Å². The molecule has 16 heavy (non-hydrogen) atoms. The monoisotopic (exact) mass is 243 g/mol. The SMILES string of the molecule is Nc1cc(-c2ccc(C(F)(F)F)cc2)cs1. The zero-order valence-corrected chi connectivity index (χ0v) is 8.90. The van der Waals surface area contributed by atoms with Gasteiger partial charge in [0.1, 0.15) is 0 Å². The second kappa shape index (κ2) is 3.83. The van der Waals surface area contributed by atoms with Crippen molar-refractivity contribution in [3.05, 3.63) is 41.3 Å². The Kier molecular flexibility index (Phi) is 2.63. The third kappa shape index (κ3) is 2.19. The minimum atomic E-state index is -4.29. The lowest BCUT2D eigenvalue weighted by atomic mass is 10.1. The van der Waals surface area contributed by atoms with Crippen molar-refractivity contribution < 1.29 is 13.2 Å². The molecule has 0 radical (unpaired) electrons. The van der Waals surface area contributed by atoms with E-state index < -0.39 is 11.7 Å². The molecule has 0 atom stereocenters. The number of alkyl halides is 3. The third-order valence-electron chi connectivity index (χ3n) is 2.17. The Labute approximate surface area is 94.3 Å². The van der Waals surface area contributed by atoms with E-state index >= 15 is 0 Å². The molecular weight excluding hydrogens is 235 g/mol. The number of benzene rings is 1. The van der Waals surface area contributed by atoms with Crippen molar-refractivity contribution >= 4 is 16.3 Å². The van der Waals surface area contributed by atoms with Crippen molar-refractivity contribution in [3.8, 4) is 11.1 Å². The van der Waals surface area contributed by atoms with Crippen LogP contribution in [-0.4, -0.2) is 0 Å². The molecule has 0 aliphatic rings. The fourth-order valence-electron chi connectivity index (χ4n) is 1.36. The first-order valence-corrected chi connectivity index (χ1v) is 5.36. The van der Waals surface area contributed by atoms with Crippen LogP contribution in [0.4, 0.5) is 18.2 Å². The Hall–Kier alpha value is -1.49. The van der Waals surface area contributed by atoms with Crippen LogP contribution in [0.1, 0.15) is 5.56 Å². The van der Waals surface area contributed by atoms with Crippen LogP contribution >= 0.6 is 11.3 Å². The largest absolute Gasteiger partial charge is 0.416 e. The van der Waals surface area contributed by atoms with E-state index in [4.69, 9.17) is 5.73 Å². The standard InChI is InChI=1S/C11H8F3NS/c12-11(13,14)9-3-1-7(2-4-9)8-5-10(15)16-6-8/h1-6H,15H2. The van der Waals surface area contributed by atoms with Crippen molar-refractivity contribution in [1.82, 2.24) is 0 Å². The summed E-state index contributed by atoms with van der Waals surface area (Å²) in [5, 5.41) is 2.47. The molecule has 5 heteroatoms. The summed E-state index contributed by atoms with van der Waals surface area (Å²) in [6.45, 7) is 0. The van der Waals surface area contributed by atoms with Gasteiger partial charge in [-0.25, -0.2) is 0 Å².